The highest BCUT2D eigenvalue weighted by Crippen LogP contribution is 2.52. The third-order valence-corrected chi connectivity index (χ3v) is 14.5. The molecule has 5 rings (SSSR count). The number of carbonyl (C=O) groups excluding carboxylic acids is 2. The number of aromatic amines is 1. The molecule has 2 aromatic carbocycles. The fraction of sp³-hybridized carbons (Fsp3) is 0.394. The van der Waals surface area contributed by atoms with E-state index < -0.39 is 83.4 Å². The number of hydrogen-bond donors (Lipinski definition) is 2. The van der Waals surface area contributed by atoms with Crippen LogP contribution in [-0.2, 0) is 32.9 Å². The maximum absolute atomic E-state index is 13.5. The largest absolute Gasteiger partial charge is 0.458 e. The van der Waals surface area contributed by atoms with E-state index in [0.29, 0.717) is 5.41 Å². The summed E-state index contributed by atoms with van der Waals surface area (Å²) < 4.78 is 58.1. The zero-order valence-corrected chi connectivity index (χ0v) is 29.7. The number of hydrogen-bond acceptors (Lipinski definition) is 12. The summed E-state index contributed by atoms with van der Waals surface area (Å²) in [5.41, 5.74) is 2.89. The molecule has 0 amide bonds. The summed E-state index contributed by atoms with van der Waals surface area (Å²) in [5.74, 6) is -1.62. The summed E-state index contributed by atoms with van der Waals surface area (Å²) in [7, 11) is -7.39. The number of aryl methyl sites for hydroxylation is 1. The lowest BCUT2D eigenvalue weighted by atomic mass is 9.86. The smallest absolute Gasteiger partial charge is 0.338 e. The Kier molecular flexibility index (Phi) is 9.66. The lowest BCUT2D eigenvalue weighted by Crippen LogP contribution is -2.61. The van der Waals surface area contributed by atoms with Crippen molar-refractivity contribution < 1.29 is 40.8 Å². The molecule has 2 unspecified atom stereocenters. The van der Waals surface area contributed by atoms with Crippen molar-refractivity contribution in [2.75, 3.05) is 6.61 Å². The molecule has 0 saturated carbocycles. The van der Waals surface area contributed by atoms with E-state index in [0.717, 1.165) is 4.57 Å². The van der Waals surface area contributed by atoms with Crippen LogP contribution in [0.25, 0.3) is 0 Å². The normalized spacial score (nSPS) is 24.0. The second-order valence-corrected chi connectivity index (χ2v) is 19.6. The minimum absolute atomic E-state index is 0.135. The van der Waals surface area contributed by atoms with E-state index in [1.807, 2.05) is 33.9 Å². The lowest BCUT2D eigenvalue weighted by Gasteiger charge is -2.43. The minimum Gasteiger partial charge on any atom is -0.458 e. The van der Waals surface area contributed by atoms with Gasteiger partial charge in [0, 0.05) is 11.8 Å². The van der Waals surface area contributed by atoms with E-state index in [2.05, 4.69) is 4.98 Å². The van der Waals surface area contributed by atoms with E-state index in [4.69, 9.17) is 28.6 Å². The molecule has 1 spiro atoms. The molecule has 3 N–H and O–H groups in total. The number of ether oxygens (including phenoxy) is 3. The first-order valence-electron chi connectivity index (χ1n) is 15.4. The number of carbonyl (C=O) groups is 2. The first-order chi connectivity index (χ1) is 22.9. The topological polar surface area (TPSA) is 195 Å². The first-order valence-corrected chi connectivity index (χ1v) is 19.8. The van der Waals surface area contributed by atoms with Crippen LogP contribution in [0.3, 0.4) is 0 Å². The standard InChI is InChI=1S/C33H39N3O11SSi/c1-20-17-36(31(40)35-27(20)37)28-26(46-49(5,6)32(2,3)4)33(24(34)19-48(41,42)47-33)25(45-28)23(44-30(39)22-15-11-8-12-16-22)18-43-29(38)21-13-9-7-10-14-21/h7-17,19,23,25-26,28H,18,34H2,1-6H3,(H,35,37,40)/t23-,25-,26?,28-,33?/m1/s1. The first kappa shape index (κ1) is 35.9. The second kappa shape index (κ2) is 13.2. The molecule has 2 aliphatic rings. The molecule has 262 valence electrons. The van der Waals surface area contributed by atoms with Gasteiger partial charge in [-0.2, -0.15) is 8.42 Å². The molecule has 0 radical (unpaired) electrons. The Morgan fingerprint density at radius 3 is 2.12 bits per heavy atom. The van der Waals surface area contributed by atoms with E-state index in [9.17, 15) is 27.6 Å². The van der Waals surface area contributed by atoms with Crippen LogP contribution >= 0.6 is 0 Å². The van der Waals surface area contributed by atoms with Crippen LogP contribution < -0.4 is 17.0 Å². The number of nitrogens with one attached hydrogen (secondary N) is 1. The predicted molar refractivity (Wildman–Crippen MR) is 179 cm³/mol. The SMILES string of the molecule is Cc1cn([C@@H]2O[C@H]([C@@H](COC(=O)c3ccccc3)OC(=O)c3ccccc3)C3(OS(=O)(=O)C=C3N)C2O[Si](C)(C)C(C)(C)C)c(=O)[nH]c1=O. The number of rotatable bonds is 9. The Labute approximate surface area is 284 Å². The van der Waals surface area contributed by atoms with Crippen LogP contribution in [0.15, 0.2) is 87.6 Å². The van der Waals surface area contributed by atoms with Gasteiger partial charge in [0.05, 0.1) is 22.2 Å². The van der Waals surface area contributed by atoms with Gasteiger partial charge in [-0.05, 0) is 49.3 Å². The average Bonchev–Trinajstić information content (AvgIpc) is 3.47. The number of nitrogens with two attached hydrogens (primary N) is 1. The summed E-state index contributed by atoms with van der Waals surface area (Å²) in [6.07, 6.45) is -4.91. The van der Waals surface area contributed by atoms with E-state index >= 15 is 0 Å². The van der Waals surface area contributed by atoms with Gasteiger partial charge in [0.1, 0.15) is 18.8 Å². The van der Waals surface area contributed by atoms with Crippen molar-refractivity contribution >= 4 is 30.4 Å². The molecule has 3 heterocycles. The fourth-order valence-electron chi connectivity index (χ4n) is 5.40. The highest BCUT2D eigenvalue weighted by Gasteiger charge is 2.69. The van der Waals surface area contributed by atoms with Crippen molar-refractivity contribution in [3.63, 3.8) is 0 Å². The Bertz CT molecular complexity index is 1990. The van der Waals surface area contributed by atoms with Crippen LogP contribution in [0.1, 0.15) is 53.3 Å². The molecule has 49 heavy (non-hydrogen) atoms. The van der Waals surface area contributed by atoms with Crippen LogP contribution in [-0.4, -0.2) is 68.7 Å². The molecule has 1 aromatic heterocycles. The predicted octanol–water partition coefficient (Wildman–Crippen LogP) is 3.11. The highest BCUT2D eigenvalue weighted by molar-refractivity contribution is 7.90. The molecule has 0 aliphatic carbocycles. The molecule has 3 aromatic rings. The molecule has 1 fully saturated rings. The van der Waals surface area contributed by atoms with Crippen molar-refractivity contribution in [1.29, 1.82) is 0 Å². The Hall–Kier alpha value is -4.35. The number of esters is 2. The zero-order valence-electron chi connectivity index (χ0n) is 27.9. The third-order valence-electron chi connectivity index (χ3n) is 9.01. The van der Waals surface area contributed by atoms with Gasteiger partial charge in [-0.3, -0.25) is 14.3 Å². The van der Waals surface area contributed by atoms with Gasteiger partial charge in [0.15, 0.2) is 26.3 Å². The minimum atomic E-state index is -4.49. The fourth-order valence-corrected chi connectivity index (χ4v) is 7.89. The third kappa shape index (κ3) is 7.05. The Morgan fingerprint density at radius 2 is 1.59 bits per heavy atom. The molecule has 1 saturated heterocycles. The van der Waals surface area contributed by atoms with Gasteiger partial charge in [-0.15, -0.1) is 0 Å². The molecule has 0 bridgehead atoms. The van der Waals surface area contributed by atoms with Gasteiger partial charge >= 0.3 is 17.6 Å². The zero-order chi connectivity index (χ0) is 35.9. The van der Waals surface area contributed by atoms with Crippen molar-refractivity contribution in [2.24, 2.45) is 5.73 Å². The van der Waals surface area contributed by atoms with Gasteiger partial charge < -0.3 is 24.4 Å². The van der Waals surface area contributed by atoms with Crippen molar-refractivity contribution in [2.45, 2.75) is 76.0 Å². The summed E-state index contributed by atoms with van der Waals surface area (Å²) >= 11 is 0. The van der Waals surface area contributed by atoms with Gasteiger partial charge in [-0.1, -0.05) is 57.2 Å². The maximum atomic E-state index is 13.5. The molecule has 2 aliphatic heterocycles. The summed E-state index contributed by atoms with van der Waals surface area (Å²) in [4.78, 5) is 54.5. The van der Waals surface area contributed by atoms with E-state index in [1.54, 1.807) is 36.4 Å². The molecule has 5 atom stereocenters. The van der Waals surface area contributed by atoms with E-state index in [-0.39, 0.29) is 22.4 Å². The van der Waals surface area contributed by atoms with Gasteiger partial charge in [-0.25, -0.2) is 18.6 Å². The number of H-pyrrole nitrogens is 1. The number of benzene rings is 2. The number of aromatic nitrogens is 2. The Morgan fingerprint density at radius 1 is 1.02 bits per heavy atom. The van der Waals surface area contributed by atoms with Crippen molar-refractivity contribution in [1.82, 2.24) is 9.55 Å². The van der Waals surface area contributed by atoms with Gasteiger partial charge in [0.2, 0.25) is 0 Å². The monoisotopic (exact) mass is 713 g/mol. The van der Waals surface area contributed by atoms with Crippen LogP contribution in [0, 0.1) is 6.92 Å². The molecule has 14 nitrogen and oxygen atoms in total. The van der Waals surface area contributed by atoms with Crippen LogP contribution in [0.5, 0.6) is 0 Å². The Balaban J connectivity index is 1.69. The van der Waals surface area contributed by atoms with E-state index in [1.165, 1.54) is 37.4 Å². The lowest BCUT2D eigenvalue weighted by molar-refractivity contribution is -0.115. The average molecular weight is 714 g/mol. The summed E-state index contributed by atoms with van der Waals surface area (Å²) in [5, 5.41) is 0.254. The molecular weight excluding hydrogens is 675 g/mol. The molecular formula is C33H39N3O11SSi. The summed E-state index contributed by atoms with van der Waals surface area (Å²) in [6, 6.07) is 16.0. The van der Waals surface area contributed by atoms with Crippen molar-refractivity contribution in [3.05, 3.63) is 115 Å². The quantitative estimate of drug-likeness (QED) is 0.187. The van der Waals surface area contributed by atoms with Crippen LogP contribution in [0.2, 0.25) is 18.1 Å². The molecule has 16 heteroatoms. The second-order valence-electron chi connectivity index (χ2n) is 13.4. The highest BCUT2D eigenvalue weighted by atomic mass is 32.2. The van der Waals surface area contributed by atoms with Crippen molar-refractivity contribution in [3.8, 4) is 0 Å². The summed E-state index contributed by atoms with van der Waals surface area (Å²) in [6.45, 7) is 10.5. The maximum Gasteiger partial charge on any atom is 0.338 e. The van der Waals surface area contributed by atoms with Crippen LogP contribution in [0.4, 0.5) is 0 Å². The van der Waals surface area contributed by atoms with Gasteiger partial charge in [0.25, 0.3) is 15.7 Å². The number of nitrogens with zero attached hydrogens (tertiary/aromatic N) is 1.